The molecule has 0 radical (unpaired) electrons. The molecular formula is C47H46Cl4Zr. The Morgan fingerprint density at radius 3 is 1.65 bits per heavy atom. The van der Waals surface area contributed by atoms with Gasteiger partial charge >= 0.3 is 310 Å². The molecule has 0 N–H and O–H groups in total. The van der Waals surface area contributed by atoms with Gasteiger partial charge in [0, 0.05) is 0 Å². The molecule has 52 heavy (non-hydrogen) atoms. The van der Waals surface area contributed by atoms with Crippen molar-refractivity contribution in [2.75, 3.05) is 0 Å². The second-order valence-corrected chi connectivity index (χ2v) is 30.1. The van der Waals surface area contributed by atoms with Crippen LogP contribution in [-0.4, -0.2) is 4.21 Å². The van der Waals surface area contributed by atoms with Crippen LogP contribution in [0.5, 0.6) is 0 Å². The third-order valence-corrected chi connectivity index (χ3v) is 28.9. The van der Waals surface area contributed by atoms with E-state index in [0.29, 0.717) is 0 Å². The van der Waals surface area contributed by atoms with E-state index < -0.39 is 18.3 Å². The molecule has 266 valence electrons. The van der Waals surface area contributed by atoms with E-state index in [4.69, 9.17) is 27.4 Å². The van der Waals surface area contributed by atoms with E-state index in [-0.39, 0.29) is 35.6 Å². The Balaban J connectivity index is 0.00000232. The van der Waals surface area contributed by atoms with Gasteiger partial charge in [-0.25, -0.2) is 0 Å². The van der Waals surface area contributed by atoms with Crippen molar-refractivity contribution in [3.8, 4) is 11.1 Å². The molecule has 0 spiro atoms. The van der Waals surface area contributed by atoms with Crippen LogP contribution in [0.2, 0.25) is 10.0 Å². The van der Waals surface area contributed by atoms with Crippen LogP contribution in [0.4, 0.5) is 0 Å². The Morgan fingerprint density at radius 2 is 1.15 bits per heavy atom. The molecule has 0 aromatic heterocycles. The van der Waals surface area contributed by atoms with Gasteiger partial charge in [-0.1, -0.05) is 0 Å². The molecule has 0 bridgehead atoms. The number of allylic oxidation sites excluding steroid dienone is 4. The van der Waals surface area contributed by atoms with Crippen molar-refractivity contribution in [2.45, 2.75) is 65.2 Å². The van der Waals surface area contributed by atoms with Crippen LogP contribution in [0.25, 0.3) is 32.7 Å². The quantitative estimate of drug-likeness (QED) is 0.166. The molecule has 0 aliphatic heterocycles. The fourth-order valence-corrected chi connectivity index (χ4v) is 27.8. The molecule has 2 aliphatic rings. The van der Waals surface area contributed by atoms with Crippen LogP contribution in [0.15, 0.2) is 125 Å². The van der Waals surface area contributed by atoms with Gasteiger partial charge in [-0.3, -0.25) is 0 Å². The number of halogens is 4. The summed E-state index contributed by atoms with van der Waals surface area (Å²) < 4.78 is 11.5. The van der Waals surface area contributed by atoms with E-state index in [0.717, 1.165) is 33.7 Å². The Bertz CT molecular complexity index is 2450. The summed E-state index contributed by atoms with van der Waals surface area (Å²) >= 11 is 8.76. The van der Waals surface area contributed by atoms with Crippen molar-refractivity contribution in [1.82, 2.24) is 0 Å². The second-order valence-electron chi connectivity index (χ2n) is 16.6. The third kappa shape index (κ3) is 5.60. The molecule has 0 heterocycles. The maximum atomic E-state index is 7.06. The standard InChI is InChI=1S/C21H25.2C10H6Cl.C5H5.CH2.2ClH.Zr/c1-20(2,3)16-7-9-18-14(12-16)11-15-13-17(21(4,5)6)8-10-19(15)18;2*11-10-7-3-5-8-4-1-2-6-9(8)10;1-2-4-5-3-1;;;;/h7-10,12H,11H2,1-6H3;2*1-4,6-7H;1-3H,4H2;1H2;2*1H;. The first-order valence-corrected chi connectivity index (χ1v) is 25.2. The van der Waals surface area contributed by atoms with Crippen LogP contribution in [-0.2, 0) is 35.5 Å². The van der Waals surface area contributed by atoms with Gasteiger partial charge in [0.1, 0.15) is 0 Å². The summed E-state index contributed by atoms with van der Waals surface area (Å²) in [7, 11) is 0. The predicted octanol–water partition coefficient (Wildman–Crippen LogP) is 12.6. The Hall–Kier alpha value is -2.77. The van der Waals surface area contributed by atoms with Crippen molar-refractivity contribution in [2.24, 2.45) is 0 Å². The average molecular weight is 844 g/mol. The van der Waals surface area contributed by atoms with Crippen molar-refractivity contribution >= 4 is 83.6 Å². The van der Waals surface area contributed by atoms with Gasteiger partial charge in [-0.05, 0) is 0 Å². The van der Waals surface area contributed by atoms with Crippen LogP contribution in [0, 0.1) is 0 Å². The normalized spacial score (nSPS) is 14.1. The summed E-state index contributed by atoms with van der Waals surface area (Å²) in [6, 6.07) is 38.4. The Kier molecular flexibility index (Phi) is 10.1. The molecule has 0 unspecified atom stereocenters. The number of fused-ring (bicyclic) bond motifs is 5. The Morgan fingerprint density at radius 1 is 0.615 bits per heavy atom. The van der Waals surface area contributed by atoms with Gasteiger partial charge in [-0.15, -0.1) is 24.8 Å². The van der Waals surface area contributed by atoms with Gasteiger partial charge in [0.25, 0.3) is 0 Å². The Labute approximate surface area is 332 Å². The molecule has 0 nitrogen and oxygen atoms in total. The van der Waals surface area contributed by atoms with Crippen LogP contribution >= 0.6 is 48.0 Å². The summed E-state index contributed by atoms with van der Waals surface area (Å²) in [6.07, 6.45) is 8.74. The van der Waals surface area contributed by atoms with Gasteiger partial charge in [0.2, 0.25) is 0 Å². The van der Waals surface area contributed by atoms with Crippen LogP contribution in [0.3, 0.4) is 0 Å². The first-order valence-electron chi connectivity index (χ1n) is 17.8. The summed E-state index contributed by atoms with van der Waals surface area (Å²) in [5.74, 6) is 0. The molecule has 0 saturated carbocycles. The SMILES string of the molecule is Cl.Cl.[CH2]=[Zr]([C]1=CC=CC1)([c]1c(C(C)(C)C)ccc2c1Cc1cc(C(C)(C)C)ccc1-2)([c]1ccc(Cl)c2ccccc12)[c]1ccc(Cl)c2ccccc12. The summed E-state index contributed by atoms with van der Waals surface area (Å²) in [5, 5.41) is 6.06. The van der Waals surface area contributed by atoms with E-state index >= 15 is 0 Å². The molecule has 6 aromatic carbocycles. The van der Waals surface area contributed by atoms with E-state index in [1.165, 1.54) is 57.2 Å². The number of hydrogen-bond acceptors (Lipinski definition) is 0. The number of rotatable bonds is 4. The van der Waals surface area contributed by atoms with Crippen molar-refractivity contribution in [3.05, 3.63) is 157 Å². The fourth-order valence-electron chi connectivity index (χ4n) is 9.26. The first kappa shape index (κ1) is 38.9. The zero-order chi connectivity index (χ0) is 35.2. The summed E-state index contributed by atoms with van der Waals surface area (Å²) in [4.78, 5) is 0. The van der Waals surface area contributed by atoms with Gasteiger partial charge < -0.3 is 0 Å². The molecular weight excluding hydrogens is 798 g/mol. The van der Waals surface area contributed by atoms with E-state index in [1.54, 1.807) is 0 Å². The minimum absolute atomic E-state index is 0. The second kappa shape index (κ2) is 13.5. The molecule has 6 aromatic rings. The molecule has 0 atom stereocenters. The van der Waals surface area contributed by atoms with Crippen molar-refractivity contribution in [3.63, 3.8) is 0 Å². The van der Waals surface area contributed by atoms with Gasteiger partial charge in [0.05, 0.1) is 0 Å². The third-order valence-electron chi connectivity index (χ3n) is 11.7. The number of hydrogen-bond donors (Lipinski definition) is 0. The minimum atomic E-state index is -5.36. The molecule has 8 rings (SSSR count). The first-order chi connectivity index (χ1) is 23.7. The number of benzene rings is 6. The van der Waals surface area contributed by atoms with Crippen molar-refractivity contribution in [1.29, 1.82) is 0 Å². The molecule has 2 aliphatic carbocycles. The fraction of sp³-hybridized carbons (Fsp3) is 0.213. The van der Waals surface area contributed by atoms with Gasteiger partial charge in [-0.2, -0.15) is 0 Å². The zero-order valence-electron chi connectivity index (χ0n) is 30.7. The van der Waals surface area contributed by atoms with E-state index in [2.05, 4.69) is 163 Å². The van der Waals surface area contributed by atoms with Gasteiger partial charge in [0.15, 0.2) is 0 Å². The molecule has 0 fully saturated rings. The molecule has 0 amide bonds. The predicted molar refractivity (Wildman–Crippen MR) is 232 cm³/mol. The topological polar surface area (TPSA) is 0 Å². The maximum absolute atomic E-state index is 7.06. The van der Waals surface area contributed by atoms with Crippen LogP contribution in [0.1, 0.15) is 70.2 Å². The van der Waals surface area contributed by atoms with E-state index in [1.807, 2.05) is 0 Å². The monoisotopic (exact) mass is 840 g/mol. The van der Waals surface area contributed by atoms with Crippen molar-refractivity contribution < 1.29 is 18.3 Å². The summed E-state index contributed by atoms with van der Waals surface area (Å²) in [6.45, 7) is 14.0. The average Bonchev–Trinajstić information content (AvgIpc) is 3.77. The molecule has 5 heteroatoms. The summed E-state index contributed by atoms with van der Waals surface area (Å²) in [5.41, 5.74) is 8.19. The van der Waals surface area contributed by atoms with E-state index in [9.17, 15) is 0 Å². The zero-order valence-corrected chi connectivity index (χ0v) is 36.3. The van der Waals surface area contributed by atoms with Crippen LogP contribution < -0.4 is 9.81 Å². The molecule has 0 saturated heterocycles.